The van der Waals surface area contributed by atoms with Crippen LogP contribution in [0, 0.1) is 0 Å². The van der Waals surface area contributed by atoms with E-state index in [4.69, 9.17) is 25.8 Å². The van der Waals surface area contributed by atoms with Crippen molar-refractivity contribution in [2.45, 2.75) is 13.5 Å². The van der Waals surface area contributed by atoms with E-state index in [1.54, 1.807) is 80.8 Å². The maximum absolute atomic E-state index is 12.3. The Morgan fingerprint density at radius 3 is 2.42 bits per heavy atom. The van der Waals surface area contributed by atoms with E-state index in [0.717, 1.165) is 5.56 Å². The van der Waals surface area contributed by atoms with Crippen molar-refractivity contribution in [3.63, 3.8) is 0 Å². The number of carbonyl (C=O) groups is 3. The maximum Gasteiger partial charge on any atom is 0.329 e. The molecule has 0 aliphatic rings. The summed E-state index contributed by atoms with van der Waals surface area (Å²) in [6, 6.07) is 18.8. The van der Waals surface area contributed by atoms with Gasteiger partial charge in [0.2, 0.25) is 0 Å². The molecule has 3 aromatic rings. The Morgan fingerprint density at radius 2 is 1.71 bits per heavy atom. The molecule has 0 radical (unpaired) electrons. The van der Waals surface area contributed by atoms with Crippen LogP contribution in [0.15, 0.2) is 71.8 Å². The van der Waals surface area contributed by atoms with Crippen LogP contribution in [0.3, 0.4) is 0 Å². The van der Waals surface area contributed by atoms with Crippen molar-refractivity contribution in [2.75, 3.05) is 25.6 Å². The molecule has 3 N–H and O–H groups in total. The molecule has 0 aliphatic carbocycles. The molecule has 0 fully saturated rings. The summed E-state index contributed by atoms with van der Waals surface area (Å²) in [4.78, 5) is 36.3. The third-order valence-electron chi connectivity index (χ3n) is 4.97. The largest absolute Gasteiger partial charge is 0.497 e. The van der Waals surface area contributed by atoms with Crippen molar-refractivity contribution in [2.24, 2.45) is 5.10 Å². The molecule has 0 spiro atoms. The van der Waals surface area contributed by atoms with Gasteiger partial charge in [-0.05, 0) is 60.5 Å². The summed E-state index contributed by atoms with van der Waals surface area (Å²) in [5.74, 6) is -0.709. The zero-order valence-corrected chi connectivity index (χ0v) is 21.6. The molecule has 0 saturated heterocycles. The monoisotopic (exact) mass is 538 g/mol. The van der Waals surface area contributed by atoms with Crippen LogP contribution < -0.4 is 30.3 Å². The lowest BCUT2D eigenvalue weighted by Gasteiger charge is -2.13. The summed E-state index contributed by atoms with van der Waals surface area (Å²) in [6.07, 6.45) is 1.35. The second-order valence-corrected chi connectivity index (χ2v) is 8.09. The third kappa shape index (κ3) is 8.52. The highest BCUT2D eigenvalue weighted by atomic mass is 35.5. The fraction of sp³-hybridized carbons (Fsp3) is 0.185. The van der Waals surface area contributed by atoms with Gasteiger partial charge in [-0.15, -0.1) is 0 Å². The minimum atomic E-state index is -0.913. The van der Waals surface area contributed by atoms with E-state index in [-0.39, 0.29) is 19.1 Å². The number of hydrogen-bond donors (Lipinski definition) is 3. The van der Waals surface area contributed by atoms with Crippen molar-refractivity contribution in [3.8, 4) is 17.2 Å². The van der Waals surface area contributed by atoms with Crippen LogP contribution in [-0.4, -0.2) is 44.3 Å². The number of nitrogens with one attached hydrogen (secondary N) is 3. The minimum absolute atomic E-state index is 0.176. The van der Waals surface area contributed by atoms with Gasteiger partial charge in [0, 0.05) is 6.54 Å². The number of ether oxygens (including phenoxy) is 3. The average molecular weight is 539 g/mol. The lowest BCUT2D eigenvalue weighted by atomic mass is 10.2. The minimum Gasteiger partial charge on any atom is -0.497 e. The number of hydrogen-bond acceptors (Lipinski definition) is 7. The molecular weight excluding hydrogens is 512 g/mol. The lowest BCUT2D eigenvalue weighted by Crippen LogP contribution is -2.37. The predicted molar refractivity (Wildman–Crippen MR) is 144 cm³/mol. The molecule has 0 saturated carbocycles. The molecule has 3 amide bonds. The van der Waals surface area contributed by atoms with Gasteiger partial charge >= 0.3 is 11.8 Å². The zero-order chi connectivity index (χ0) is 27.3. The summed E-state index contributed by atoms with van der Waals surface area (Å²) < 4.78 is 16.3. The summed E-state index contributed by atoms with van der Waals surface area (Å²) >= 11 is 6.06. The predicted octanol–water partition coefficient (Wildman–Crippen LogP) is 3.53. The van der Waals surface area contributed by atoms with Crippen LogP contribution in [0.2, 0.25) is 5.02 Å². The van der Waals surface area contributed by atoms with Gasteiger partial charge in [-0.2, -0.15) is 5.10 Å². The van der Waals surface area contributed by atoms with Gasteiger partial charge < -0.3 is 24.8 Å². The van der Waals surface area contributed by atoms with E-state index in [1.165, 1.54) is 6.21 Å². The third-order valence-corrected chi connectivity index (χ3v) is 5.30. The normalized spacial score (nSPS) is 10.5. The summed E-state index contributed by atoms with van der Waals surface area (Å²) in [6.45, 7) is 2.07. The van der Waals surface area contributed by atoms with E-state index in [1.807, 2.05) is 0 Å². The molecule has 0 bridgehead atoms. The number of carbonyl (C=O) groups excluding carboxylic acids is 3. The fourth-order valence-electron chi connectivity index (χ4n) is 3.11. The average Bonchev–Trinajstić information content (AvgIpc) is 2.93. The first-order chi connectivity index (χ1) is 18.4. The molecular formula is C27H27ClN4O6. The van der Waals surface area contributed by atoms with Crippen LogP contribution in [0.1, 0.15) is 18.1 Å². The molecule has 0 unspecified atom stereocenters. The molecule has 198 valence electrons. The summed E-state index contributed by atoms with van der Waals surface area (Å²) in [7, 11) is 1.56. The Labute approximate surface area is 224 Å². The van der Waals surface area contributed by atoms with Gasteiger partial charge in [0.25, 0.3) is 5.91 Å². The van der Waals surface area contributed by atoms with Crippen LogP contribution in [0.4, 0.5) is 5.69 Å². The maximum atomic E-state index is 12.3. The molecule has 0 aliphatic heterocycles. The lowest BCUT2D eigenvalue weighted by molar-refractivity contribution is -0.139. The zero-order valence-electron chi connectivity index (χ0n) is 20.8. The number of amides is 3. The molecule has 38 heavy (non-hydrogen) atoms. The highest BCUT2D eigenvalue weighted by Crippen LogP contribution is 2.28. The Kier molecular flexibility index (Phi) is 10.5. The Hall–Kier alpha value is -4.57. The van der Waals surface area contributed by atoms with E-state index in [9.17, 15) is 14.4 Å². The quantitative estimate of drug-likeness (QED) is 0.195. The van der Waals surface area contributed by atoms with E-state index in [0.29, 0.717) is 40.1 Å². The standard InChI is InChI=1S/C27H27ClN4O6/c1-3-37-24-14-19(10-13-23(24)38-17-25(33)31-22-7-5-4-6-21(22)28)16-30-32-27(35)26(34)29-15-18-8-11-20(36-2)12-9-18/h4-14,16H,3,15,17H2,1-2H3,(H,29,34)(H,31,33)(H,32,35)/b30-16-. The van der Waals surface area contributed by atoms with Gasteiger partial charge in [-0.1, -0.05) is 35.9 Å². The van der Waals surface area contributed by atoms with E-state index < -0.39 is 11.8 Å². The number of methoxy groups -OCH3 is 1. The smallest absolute Gasteiger partial charge is 0.329 e. The Morgan fingerprint density at radius 1 is 0.947 bits per heavy atom. The molecule has 10 nitrogen and oxygen atoms in total. The van der Waals surface area contributed by atoms with Gasteiger partial charge in [0.1, 0.15) is 5.75 Å². The van der Waals surface area contributed by atoms with E-state index >= 15 is 0 Å². The van der Waals surface area contributed by atoms with Crippen molar-refractivity contribution in [3.05, 3.63) is 82.9 Å². The first kappa shape index (κ1) is 28.0. The second kappa shape index (κ2) is 14.2. The first-order valence-corrected chi connectivity index (χ1v) is 12.0. The van der Waals surface area contributed by atoms with Crippen LogP contribution in [0.5, 0.6) is 17.2 Å². The molecule has 0 atom stereocenters. The van der Waals surface area contributed by atoms with E-state index in [2.05, 4.69) is 21.2 Å². The number of benzene rings is 3. The van der Waals surface area contributed by atoms with Crippen LogP contribution in [0.25, 0.3) is 0 Å². The highest BCUT2D eigenvalue weighted by Gasteiger charge is 2.13. The summed E-state index contributed by atoms with van der Waals surface area (Å²) in [5.41, 5.74) is 4.04. The van der Waals surface area contributed by atoms with Crippen molar-refractivity contribution in [1.82, 2.24) is 10.7 Å². The highest BCUT2D eigenvalue weighted by molar-refractivity contribution is 6.35. The number of halogens is 1. The fourth-order valence-corrected chi connectivity index (χ4v) is 3.29. The van der Waals surface area contributed by atoms with Gasteiger partial charge in [-0.3, -0.25) is 14.4 Å². The Bertz CT molecular complexity index is 1300. The number of anilines is 1. The molecule has 11 heteroatoms. The Balaban J connectivity index is 1.51. The van der Waals surface area contributed by atoms with Crippen molar-refractivity contribution < 1.29 is 28.6 Å². The second-order valence-electron chi connectivity index (χ2n) is 7.69. The van der Waals surface area contributed by atoms with Gasteiger partial charge in [0.05, 0.1) is 30.6 Å². The number of hydrazone groups is 1. The molecule has 3 aromatic carbocycles. The van der Waals surface area contributed by atoms with Gasteiger partial charge in [0.15, 0.2) is 18.1 Å². The molecule has 0 aromatic heterocycles. The number of nitrogens with zero attached hydrogens (tertiary/aromatic N) is 1. The van der Waals surface area contributed by atoms with Crippen LogP contribution >= 0.6 is 11.6 Å². The van der Waals surface area contributed by atoms with Crippen LogP contribution in [-0.2, 0) is 20.9 Å². The summed E-state index contributed by atoms with van der Waals surface area (Å²) in [5, 5.41) is 9.44. The van der Waals surface area contributed by atoms with Crippen molar-refractivity contribution >= 4 is 41.2 Å². The van der Waals surface area contributed by atoms with Crippen molar-refractivity contribution in [1.29, 1.82) is 0 Å². The number of rotatable bonds is 11. The van der Waals surface area contributed by atoms with Gasteiger partial charge in [-0.25, -0.2) is 5.43 Å². The first-order valence-electron chi connectivity index (χ1n) is 11.6. The molecule has 0 heterocycles. The topological polar surface area (TPSA) is 127 Å². The SMILES string of the molecule is CCOc1cc(/C=N\NC(=O)C(=O)NCc2ccc(OC)cc2)ccc1OCC(=O)Nc1ccccc1Cl. The number of para-hydroxylation sites is 1. The molecule has 3 rings (SSSR count).